The first-order valence-electron chi connectivity index (χ1n) is 4.26. The highest BCUT2D eigenvalue weighted by molar-refractivity contribution is 7.80. The topological polar surface area (TPSA) is 54.4 Å². The third-order valence-electron chi connectivity index (χ3n) is 2.59. The largest absolute Gasteiger partial charge is 0.306 e. The van der Waals surface area contributed by atoms with E-state index in [1.165, 1.54) is 0 Å². The lowest BCUT2D eigenvalue weighted by atomic mass is 9.86. The molecule has 1 aliphatic carbocycles. The zero-order valence-electron chi connectivity index (χ0n) is 6.99. The van der Waals surface area contributed by atoms with Crippen LogP contribution in [0.15, 0.2) is 0 Å². The molecular weight excluding hydrogens is 176 g/mol. The van der Waals surface area contributed by atoms with Crippen molar-refractivity contribution in [2.45, 2.75) is 43.3 Å². The first kappa shape index (κ1) is 9.86. The van der Waals surface area contributed by atoms with Gasteiger partial charge in [0.2, 0.25) is 0 Å². The van der Waals surface area contributed by atoms with Crippen LogP contribution in [0.2, 0.25) is 0 Å². The third kappa shape index (κ3) is 1.93. The number of rotatable bonds is 3. The molecule has 0 amide bonds. The summed E-state index contributed by atoms with van der Waals surface area (Å²) in [5.41, 5.74) is 0. The maximum atomic E-state index is 11.0. The normalized spacial score (nSPS) is 24.8. The smallest absolute Gasteiger partial charge is 0.159 e. The fourth-order valence-electron chi connectivity index (χ4n) is 1.80. The average molecular weight is 190 g/mol. The molecule has 1 aliphatic rings. The van der Waals surface area contributed by atoms with Gasteiger partial charge in [-0.1, -0.05) is 19.3 Å². The Morgan fingerprint density at radius 2 is 1.92 bits per heavy atom. The van der Waals surface area contributed by atoms with Gasteiger partial charge >= 0.3 is 0 Å². The number of hydrogen-bond acceptors (Lipinski definition) is 2. The molecule has 1 atom stereocenters. The van der Waals surface area contributed by atoms with Crippen molar-refractivity contribution in [2.24, 2.45) is 0 Å². The molecule has 1 unspecified atom stereocenters. The fourth-order valence-corrected chi connectivity index (χ4v) is 2.65. The molecule has 1 N–H and O–H groups in total. The van der Waals surface area contributed by atoms with Gasteiger partial charge < -0.3 is 9.35 Å². The van der Waals surface area contributed by atoms with Crippen LogP contribution in [0.25, 0.3) is 0 Å². The molecule has 0 spiro atoms. The van der Waals surface area contributed by atoms with Gasteiger partial charge in [0.1, 0.15) is 6.29 Å². The highest BCUT2D eigenvalue weighted by Gasteiger charge is 2.37. The summed E-state index contributed by atoms with van der Waals surface area (Å²) >= 11 is -1.84. The fraction of sp³-hybridized carbons (Fsp3) is 0.875. The van der Waals surface area contributed by atoms with Gasteiger partial charge in [0, 0.05) is 6.42 Å². The number of carbonyl (C=O) groups is 1. The van der Waals surface area contributed by atoms with Crippen LogP contribution in [-0.4, -0.2) is 19.8 Å². The molecule has 0 saturated heterocycles. The van der Waals surface area contributed by atoms with Crippen LogP contribution in [0.4, 0.5) is 0 Å². The van der Waals surface area contributed by atoms with E-state index in [0.717, 1.165) is 38.4 Å². The van der Waals surface area contributed by atoms with Crippen LogP contribution in [0, 0.1) is 0 Å². The first-order chi connectivity index (χ1) is 5.71. The SMILES string of the molecule is O=CCC1(S(=O)O)CCCCC1. The van der Waals surface area contributed by atoms with Crippen molar-refractivity contribution < 1.29 is 13.6 Å². The summed E-state index contributed by atoms with van der Waals surface area (Å²) in [5.74, 6) is 0. The molecule has 0 aromatic rings. The minimum atomic E-state index is -1.84. The number of aldehydes is 1. The predicted molar refractivity (Wildman–Crippen MR) is 47.3 cm³/mol. The van der Waals surface area contributed by atoms with Gasteiger partial charge in [0.25, 0.3) is 0 Å². The van der Waals surface area contributed by atoms with Gasteiger partial charge in [-0.2, -0.15) is 0 Å². The van der Waals surface area contributed by atoms with Crippen LogP contribution < -0.4 is 0 Å². The molecule has 70 valence electrons. The van der Waals surface area contributed by atoms with E-state index in [4.69, 9.17) is 4.55 Å². The number of hydrogen-bond donors (Lipinski definition) is 1. The van der Waals surface area contributed by atoms with Gasteiger partial charge in [-0.15, -0.1) is 0 Å². The van der Waals surface area contributed by atoms with E-state index in [1.54, 1.807) is 0 Å². The van der Waals surface area contributed by atoms with E-state index in [1.807, 2.05) is 0 Å². The molecule has 1 fully saturated rings. The second-order valence-electron chi connectivity index (χ2n) is 3.36. The lowest BCUT2D eigenvalue weighted by Crippen LogP contribution is -2.36. The van der Waals surface area contributed by atoms with E-state index in [9.17, 15) is 9.00 Å². The summed E-state index contributed by atoms with van der Waals surface area (Å²) in [5, 5.41) is 0. The maximum Gasteiger partial charge on any atom is 0.159 e. The highest BCUT2D eigenvalue weighted by atomic mass is 32.2. The summed E-state index contributed by atoms with van der Waals surface area (Å²) in [6, 6.07) is 0. The first-order valence-corrected chi connectivity index (χ1v) is 5.36. The Labute approximate surface area is 74.8 Å². The average Bonchev–Trinajstić information content (AvgIpc) is 2.06. The molecule has 0 aromatic carbocycles. The third-order valence-corrected chi connectivity index (χ3v) is 3.91. The van der Waals surface area contributed by atoms with Gasteiger partial charge in [0.05, 0.1) is 4.75 Å². The minimum absolute atomic E-state index is 0.232. The van der Waals surface area contributed by atoms with Gasteiger partial charge in [-0.05, 0) is 12.8 Å². The van der Waals surface area contributed by atoms with Crippen LogP contribution in [0.5, 0.6) is 0 Å². The number of carbonyl (C=O) groups excluding carboxylic acids is 1. The molecule has 0 aromatic heterocycles. The zero-order valence-corrected chi connectivity index (χ0v) is 7.81. The molecule has 4 heteroatoms. The standard InChI is InChI=1S/C8H14O3S/c9-7-6-8(12(10)11)4-2-1-3-5-8/h7H,1-6H2,(H,10,11). The van der Waals surface area contributed by atoms with Crippen LogP contribution >= 0.6 is 0 Å². The summed E-state index contributed by atoms with van der Waals surface area (Å²) in [7, 11) is 0. The molecule has 12 heavy (non-hydrogen) atoms. The molecule has 3 nitrogen and oxygen atoms in total. The quantitative estimate of drug-likeness (QED) is 0.542. The Kier molecular flexibility index (Phi) is 3.40. The Balaban J connectivity index is 2.69. The van der Waals surface area contributed by atoms with Gasteiger partial charge in [-0.3, -0.25) is 0 Å². The van der Waals surface area contributed by atoms with E-state index >= 15 is 0 Å². The molecule has 1 saturated carbocycles. The van der Waals surface area contributed by atoms with Gasteiger partial charge in [-0.25, -0.2) is 4.21 Å². The maximum absolute atomic E-state index is 11.0. The molecule has 0 radical (unpaired) electrons. The van der Waals surface area contributed by atoms with Crippen molar-refractivity contribution in [1.82, 2.24) is 0 Å². The molecule has 1 rings (SSSR count). The van der Waals surface area contributed by atoms with Gasteiger partial charge in [0.15, 0.2) is 11.1 Å². The molecule has 0 bridgehead atoms. The van der Waals surface area contributed by atoms with Crippen LogP contribution in [0.1, 0.15) is 38.5 Å². The van der Waals surface area contributed by atoms with Crippen molar-refractivity contribution in [3.63, 3.8) is 0 Å². The van der Waals surface area contributed by atoms with Crippen molar-refractivity contribution in [2.75, 3.05) is 0 Å². The highest BCUT2D eigenvalue weighted by Crippen LogP contribution is 2.34. The Hall–Kier alpha value is -0.220. The monoisotopic (exact) mass is 190 g/mol. The summed E-state index contributed by atoms with van der Waals surface area (Å²) in [6.07, 6.45) is 5.50. The zero-order chi connectivity index (χ0) is 9.03. The predicted octanol–water partition coefficient (Wildman–Crippen LogP) is 1.50. The summed E-state index contributed by atoms with van der Waals surface area (Å²) in [4.78, 5) is 10.3. The molecule has 0 aliphatic heterocycles. The van der Waals surface area contributed by atoms with Crippen molar-refractivity contribution >= 4 is 17.4 Å². The van der Waals surface area contributed by atoms with Crippen LogP contribution in [0.3, 0.4) is 0 Å². The van der Waals surface area contributed by atoms with Crippen molar-refractivity contribution in [3.8, 4) is 0 Å². The lowest BCUT2D eigenvalue weighted by molar-refractivity contribution is -0.108. The summed E-state index contributed by atoms with van der Waals surface area (Å²) < 4.78 is 19.5. The minimum Gasteiger partial charge on any atom is -0.306 e. The lowest BCUT2D eigenvalue weighted by Gasteiger charge is -2.31. The van der Waals surface area contributed by atoms with E-state index in [-0.39, 0.29) is 6.42 Å². The van der Waals surface area contributed by atoms with Crippen LogP contribution in [-0.2, 0) is 15.9 Å². The second kappa shape index (κ2) is 4.14. The molecule has 0 heterocycles. The van der Waals surface area contributed by atoms with E-state index < -0.39 is 15.8 Å². The Morgan fingerprint density at radius 1 is 1.33 bits per heavy atom. The Morgan fingerprint density at radius 3 is 2.33 bits per heavy atom. The second-order valence-corrected chi connectivity index (χ2v) is 4.73. The van der Waals surface area contributed by atoms with E-state index in [0.29, 0.717) is 0 Å². The molecular formula is C8H14O3S. The van der Waals surface area contributed by atoms with Crippen molar-refractivity contribution in [1.29, 1.82) is 0 Å². The Bertz CT molecular complexity index is 185. The summed E-state index contributed by atoms with van der Waals surface area (Å²) in [6.45, 7) is 0. The van der Waals surface area contributed by atoms with E-state index in [2.05, 4.69) is 0 Å². The van der Waals surface area contributed by atoms with Crippen molar-refractivity contribution in [3.05, 3.63) is 0 Å².